The van der Waals surface area contributed by atoms with Crippen LogP contribution in [-0.2, 0) is 4.79 Å². The number of phenols is 1. The maximum Gasteiger partial charge on any atom is 0.387 e. The van der Waals surface area contributed by atoms with Crippen molar-refractivity contribution in [2.75, 3.05) is 0 Å². The molecule has 1 aromatic carbocycles. The number of ketones is 1. The fourth-order valence-electron chi connectivity index (χ4n) is 1.85. The Balaban J connectivity index is 2.30. The summed E-state index contributed by atoms with van der Waals surface area (Å²) < 4.78 is 29.1. The fraction of sp³-hybridized carbons (Fsp3) is 0.286. The van der Waals surface area contributed by atoms with E-state index in [9.17, 15) is 23.5 Å². The molecule has 0 unspecified atom stereocenters. The topological polar surface area (TPSA) is 83.8 Å². The van der Waals surface area contributed by atoms with Crippen molar-refractivity contribution in [3.8, 4) is 11.5 Å². The Hall–Kier alpha value is -2.22. The molecule has 0 spiro atoms. The molecule has 0 saturated carbocycles. The number of hydrogen-bond donors (Lipinski definition) is 2. The second-order valence-corrected chi connectivity index (χ2v) is 5.80. The number of Topliss-reactive ketones (excluding diaryl/α,β-unsaturated/α-hetero) is 1. The fourth-order valence-corrected chi connectivity index (χ4v) is 2.87. The van der Waals surface area contributed by atoms with Crippen LogP contribution >= 0.6 is 11.3 Å². The van der Waals surface area contributed by atoms with E-state index in [0.29, 0.717) is 15.0 Å². The van der Waals surface area contributed by atoms with Crippen LogP contribution in [0.4, 0.5) is 8.78 Å². The molecule has 2 rings (SSSR count). The summed E-state index contributed by atoms with van der Waals surface area (Å²) in [4.78, 5) is 23.1. The number of phenolic OH excluding ortho intramolecular Hbond substituents is 1. The van der Waals surface area contributed by atoms with E-state index in [-0.39, 0.29) is 18.0 Å². The van der Waals surface area contributed by atoms with Gasteiger partial charge in [0.1, 0.15) is 0 Å². The number of fused-ring (bicyclic) bond motifs is 1. The first-order valence-corrected chi connectivity index (χ1v) is 7.07. The molecule has 0 aliphatic rings. The highest BCUT2D eigenvalue weighted by atomic mass is 32.1. The van der Waals surface area contributed by atoms with Gasteiger partial charge < -0.3 is 14.9 Å². The van der Waals surface area contributed by atoms with Gasteiger partial charge in [-0.3, -0.25) is 9.59 Å². The van der Waals surface area contributed by atoms with E-state index < -0.39 is 24.2 Å². The number of carbonyl (C=O) groups excluding carboxylic acids is 1. The number of ether oxygens (including phenoxy) is 1. The van der Waals surface area contributed by atoms with Gasteiger partial charge in [0.25, 0.3) is 0 Å². The van der Waals surface area contributed by atoms with Gasteiger partial charge in [0, 0.05) is 17.2 Å². The van der Waals surface area contributed by atoms with Crippen LogP contribution in [0.3, 0.4) is 0 Å². The number of halogens is 2. The molecule has 1 aromatic heterocycles. The summed E-state index contributed by atoms with van der Waals surface area (Å²) in [5, 5.41) is 18.9. The minimum absolute atomic E-state index is 0.158. The Bertz CT molecular complexity index is 725. The molecular weight excluding hydrogens is 318 g/mol. The van der Waals surface area contributed by atoms with E-state index in [1.807, 2.05) is 0 Å². The van der Waals surface area contributed by atoms with E-state index in [4.69, 9.17) is 5.11 Å². The zero-order valence-electron chi connectivity index (χ0n) is 11.4. The van der Waals surface area contributed by atoms with Crippen LogP contribution in [0.1, 0.15) is 23.0 Å². The molecular formula is C14H12F2O5S. The number of aromatic hydroxyl groups is 1. The van der Waals surface area contributed by atoms with E-state index >= 15 is 0 Å². The molecule has 0 aliphatic carbocycles. The van der Waals surface area contributed by atoms with Crippen LogP contribution in [0.5, 0.6) is 11.5 Å². The minimum atomic E-state index is -3.07. The monoisotopic (exact) mass is 330 g/mol. The predicted molar refractivity (Wildman–Crippen MR) is 75.9 cm³/mol. The number of thiophene rings is 1. The molecule has 22 heavy (non-hydrogen) atoms. The molecule has 0 bridgehead atoms. The molecule has 1 atom stereocenters. The summed E-state index contributed by atoms with van der Waals surface area (Å²) in [6.07, 6.45) is -0.158. The van der Waals surface area contributed by atoms with Crippen LogP contribution in [0, 0.1) is 5.92 Å². The van der Waals surface area contributed by atoms with Gasteiger partial charge in [0.05, 0.1) is 10.8 Å². The maximum atomic E-state index is 12.2. The van der Waals surface area contributed by atoms with Crippen LogP contribution in [0.15, 0.2) is 18.2 Å². The molecule has 0 saturated heterocycles. The first-order valence-electron chi connectivity index (χ1n) is 6.25. The van der Waals surface area contributed by atoms with Crippen molar-refractivity contribution in [1.82, 2.24) is 0 Å². The molecule has 5 nitrogen and oxygen atoms in total. The number of carbonyl (C=O) groups is 2. The molecule has 0 radical (unpaired) electrons. The van der Waals surface area contributed by atoms with Crippen LogP contribution < -0.4 is 4.74 Å². The van der Waals surface area contributed by atoms with E-state index in [1.165, 1.54) is 25.1 Å². The molecule has 118 valence electrons. The quantitative estimate of drug-likeness (QED) is 0.792. The number of aliphatic carboxylic acids is 1. The Kier molecular flexibility index (Phi) is 4.60. The second-order valence-electron chi connectivity index (χ2n) is 4.71. The lowest BCUT2D eigenvalue weighted by Crippen LogP contribution is -2.13. The average Bonchev–Trinajstić information content (AvgIpc) is 2.81. The molecule has 8 heteroatoms. The van der Waals surface area contributed by atoms with E-state index in [0.717, 1.165) is 11.3 Å². The third-order valence-electron chi connectivity index (χ3n) is 3.00. The standard InChI is InChI=1S/C14H12F2O5S/c1-6(13(19)20)2-9(18)12-4-7-3-8(17)10(21-14(15)16)5-11(7)22-12/h3-6,14,17H,2H2,1H3,(H,19,20)/t6-/m0/s1. The molecule has 0 aliphatic heterocycles. The Morgan fingerprint density at radius 2 is 2.00 bits per heavy atom. The molecule has 2 N–H and O–H groups in total. The maximum absolute atomic E-state index is 12.2. The van der Waals surface area contributed by atoms with Crippen molar-refractivity contribution < 1.29 is 33.3 Å². The van der Waals surface area contributed by atoms with Crippen LogP contribution in [0.2, 0.25) is 0 Å². The summed E-state index contributed by atoms with van der Waals surface area (Å²) >= 11 is 1.03. The van der Waals surface area contributed by atoms with Crippen molar-refractivity contribution in [2.45, 2.75) is 20.0 Å². The van der Waals surface area contributed by atoms with Gasteiger partial charge in [-0.2, -0.15) is 8.78 Å². The van der Waals surface area contributed by atoms with Crippen molar-refractivity contribution in [3.05, 3.63) is 23.1 Å². The van der Waals surface area contributed by atoms with Gasteiger partial charge in [0.2, 0.25) is 0 Å². The summed E-state index contributed by atoms with van der Waals surface area (Å²) in [5.74, 6) is -3.07. The zero-order chi connectivity index (χ0) is 16.4. The van der Waals surface area contributed by atoms with Crippen molar-refractivity contribution in [1.29, 1.82) is 0 Å². The summed E-state index contributed by atoms with van der Waals surface area (Å²) in [6, 6.07) is 3.93. The average molecular weight is 330 g/mol. The minimum Gasteiger partial charge on any atom is -0.504 e. The largest absolute Gasteiger partial charge is 0.504 e. The van der Waals surface area contributed by atoms with E-state index in [1.54, 1.807) is 0 Å². The Morgan fingerprint density at radius 3 is 2.59 bits per heavy atom. The molecule has 0 amide bonds. The summed E-state index contributed by atoms with van der Waals surface area (Å²) in [5.41, 5.74) is 0. The van der Waals surface area contributed by atoms with Gasteiger partial charge in [-0.1, -0.05) is 6.92 Å². The van der Waals surface area contributed by atoms with Gasteiger partial charge in [-0.25, -0.2) is 0 Å². The van der Waals surface area contributed by atoms with Crippen molar-refractivity contribution in [3.63, 3.8) is 0 Å². The highest BCUT2D eigenvalue weighted by Gasteiger charge is 2.20. The Labute approximate surface area is 127 Å². The van der Waals surface area contributed by atoms with Gasteiger partial charge in [-0.15, -0.1) is 11.3 Å². The summed E-state index contributed by atoms with van der Waals surface area (Å²) in [7, 11) is 0. The first-order chi connectivity index (χ1) is 10.3. The van der Waals surface area contributed by atoms with Crippen LogP contribution in [0.25, 0.3) is 10.1 Å². The third-order valence-corrected chi connectivity index (χ3v) is 4.14. The first kappa shape index (κ1) is 16.2. The lowest BCUT2D eigenvalue weighted by atomic mass is 10.0. The smallest absolute Gasteiger partial charge is 0.387 e. The number of carboxylic acids is 1. The number of rotatable bonds is 6. The SMILES string of the molecule is C[C@@H](CC(=O)c1cc2cc(O)c(OC(F)F)cc2s1)C(=O)O. The summed E-state index contributed by atoms with van der Waals surface area (Å²) in [6.45, 7) is -1.64. The number of hydrogen-bond acceptors (Lipinski definition) is 5. The zero-order valence-corrected chi connectivity index (χ0v) is 12.2. The molecule has 1 heterocycles. The number of alkyl halides is 2. The lowest BCUT2D eigenvalue weighted by molar-refractivity contribution is -0.141. The van der Waals surface area contributed by atoms with Crippen LogP contribution in [-0.4, -0.2) is 28.6 Å². The highest BCUT2D eigenvalue weighted by Crippen LogP contribution is 2.37. The van der Waals surface area contributed by atoms with Crippen molar-refractivity contribution in [2.24, 2.45) is 5.92 Å². The second kappa shape index (κ2) is 6.27. The van der Waals surface area contributed by atoms with Crippen molar-refractivity contribution >= 4 is 33.2 Å². The lowest BCUT2D eigenvalue weighted by Gasteiger charge is -2.06. The molecule has 2 aromatic rings. The van der Waals surface area contributed by atoms with Gasteiger partial charge in [-0.05, 0) is 17.5 Å². The highest BCUT2D eigenvalue weighted by molar-refractivity contribution is 7.20. The normalized spacial score (nSPS) is 12.5. The molecule has 0 fully saturated rings. The third kappa shape index (κ3) is 3.51. The number of carboxylic acid groups (broad SMARTS) is 1. The Morgan fingerprint density at radius 1 is 1.32 bits per heavy atom. The van der Waals surface area contributed by atoms with Gasteiger partial charge >= 0.3 is 12.6 Å². The van der Waals surface area contributed by atoms with E-state index in [2.05, 4.69) is 4.74 Å². The van der Waals surface area contributed by atoms with Gasteiger partial charge in [0.15, 0.2) is 17.3 Å². The number of benzene rings is 1. The predicted octanol–water partition coefficient (Wildman–Crippen LogP) is 3.50.